The minimum absolute atomic E-state index is 0. The van der Waals surface area contributed by atoms with Crippen molar-refractivity contribution in [2.24, 2.45) is 0 Å². The Morgan fingerprint density at radius 1 is 0.679 bits per heavy atom. The molecule has 4 heterocycles. The van der Waals surface area contributed by atoms with Gasteiger partial charge in [0.15, 0.2) is 0 Å². The van der Waals surface area contributed by atoms with E-state index in [4.69, 9.17) is 9.72 Å². The molecule has 0 saturated carbocycles. The molecule has 10 rings (SSSR count). The average Bonchev–Trinajstić information content (AvgIpc) is 3.84. The molecule has 0 bridgehead atoms. The molecule has 0 unspecified atom stereocenters. The van der Waals surface area contributed by atoms with Gasteiger partial charge >= 0.3 is 0 Å². The van der Waals surface area contributed by atoms with Gasteiger partial charge in [-0.3, -0.25) is 0 Å². The van der Waals surface area contributed by atoms with Gasteiger partial charge in [0.2, 0.25) is 0 Å². The Hall–Kier alpha value is -5.42. The second-order valence-corrected chi connectivity index (χ2v) is 16.7. The quantitative estimate of drug-likeness (QED) is 0.161. The van der Waals surface area contributed by atoms with Gasteiger partial charge in [-0.25, -0.2) is 4.98 Å². The Bertz CT molecular complexity index is 2970. The number of aromatic nitrogens is 2. The summed E-state index contributed by atoms with van der Waals surface area (Å²) in [6.07, 6.45) is 1.91. The van der Waals surface area contributed by atoms with Crippen molar-refractivity contribution < 1.29 is 25.8 Å². The number of hydrogen-bond acceptors (Lipinski definition) is 5. The summed E-state index contributed by atoms with van der Waals surface area (Å²) in [6, 6.07) is 48.2. The second kappa shape index (κ2) is 13.7. The molecule has 280 valence electrons. The van der Waals surface area contributed by atoms with Crippen molar-refractivity contribution in [3.8, 4) is 17.3 Å². The third kappa shape index (κ3) is 5.90. The van der Waals surface area contributed by atoms with Crippen LogP contribution < -0.4 is 14.5 Å². The third-order valence-corrected chi connectivity index (χ3v) is 11.8. The van der Waals surface area contributed by atoms with Crippen LogP contribution in [-0.4, -0.2) is 9.55 Å². The normalized spacial score (nSPS) is 12.9. The van der Waals surface area contributed by atoms with Crippen LogP contribution in [0.4, 0.5) is 22.7 Å². The van der Waals surface area contributed by atoms with Crippen LogP contribution in [0, 0.1) is 39.6 Å². The van der Waals surface area contributed by atoms with Gasteiger partial charge in [0.1, 0.15) is 5.82 Å². The summed E-state index contributed by atoms with van der Waals surface area (Å²) in [7, 11) is 0. The smallest absolute Gasteiger partial charge is 0.135 e. The number of ether oxygens (including phenoxy) is 1. The number of benzene rings is 6. The van der Waals surface area contributed by atoms with E-state index in [1.165, 1.54) is 38.0 Å². The Kier molecular flexibility index (Phi) is 8.83. The van der Waals surface area contributed by atoms with Gasteiger partial charge in [-0.2, -0.15) is 17.4 Å². The molecule has 0 atom stereocenters. The minimum Gasteiger partial charge on any atom is -0.509 e. The monoisotopic (exact) mass is 926 g/mol. The maximum Gasteiger partial charge on any atom is 0.135 e. The molecule has 5 nitrogen and oxygen atoms in total. The number of anilines is 4. The van der Waals surface area contributed by atoms with Gasteiger partial charge in [-0.15, -0.1) is 36.3 Å². The average molecular weight is 927 g/mol. The molecule has 0 N–H and O–H groups in total. The maximum atomic E-state index is 6.81. The predicted molar refractivity (Wildman–Crippen MR) is 230 cm³/mol. The number of hydrogen-bond donors (Lipinski definition) is 0. The van der Waals surface area contributed by atoms with Gasteiger partial charge in [0.05, 0.1) is 0 Å². The van der Waals surface area contributed by atoms with Gasteiger partial charge in [-0.05, 0) is 84.7 Å². The summed E-state index contributed by atoms with van der Waals surface area (Å²) in [4.78, 5) is 9.47. The molecule has 0 saturated heterocycles. The van der Waals surface area contributed by atoms with E-state index in [1.54, 1.807) is 11.3 Å². The van der Waals surface area contributed by atoms with Crippen LogP contribution in [0.3, 0.4) is 0 Å². The molecule has 7 heteroatoms. The predicted octanol–water partition coefficient (Wildman–Crippen LogP) is 13.6. The molecule has 56 heavy (non-hydrogen) atoms. The van der Waals surface area contributed by atoms with E-state index in [9.17, 15) is 0 Å². The van der Waals surface area contributed by atoms with Crippen LogP contribution >= 0.6 is 11.3 Å². The fourth-order valence-electron chi connectivity index (χ4n) is 8.30. The molecule has 0 fully saturated rings. The first-order valence-corrected chi connectivity index (χ1v) is 19.5. The van der Waals surface area contributed by atoms with Crippen LogP contribution in [-0.2, 0) is 26.5 Å². The Morgan fingerprint density at radius 2 is 1.38 bits per heavy atom. The van der Waals surface area contributed by atoms with Gasteiger partial charge in [0.25, 0.3) is 0 Å². The van der Waals surface area contributed by atoms with E-state index in [-0.39, 0.29) is 26.5 Å². The molecule has 1 aliphatic heterocycles. The summed E-state index contributed by atoms with van der Waals surface area (Å²) in [5.74, 6) is 2.11. The zero-order chi connectivity index (χ0) is 37.6. The van der Waals surface area contributed by atoms with Crippen molar-refractivity contribution in [3.63, 3.8) is 0 Å². The molecule has 0 spiro atoms. The van der Waals surface area contributed by atoms with E-state index in [1.807, 2.05) is 12.3 Å². The summed E-state index contributed by atoms with van der Waals surface area (Å²) >= 11 is 1.78. The van der Waals surface area contributed by atoms with Crippen molar-refractivity contribution in [1.82, 2.24) is 9.55 Å². The number of fused-ring (bicyclic) bond motifs is 7. The molecular weight excluding hydrogens is 888 g/mol. The van der Waals surface area contributed by atoms with Crippen molar-refractivity contribution in [2.45, 2.75) is 47.0 Å². The standard InChI is InChI=1S/C49H39N4OS.Pt/c1-30-23-31(2)48(32(3)24-30)52-29-51(40-16-10-11-17-41(40)52)43-27-35(28-45-47(43)38-14-8-12-18-44(38)55-45)54-34-19-20-37-36-13-7-9-15-39(36)53(42(37)26-34)46-25-33(21-22-50-46)49(4,5)6;/h7-25,28-29H,1-6H3;/q-3;. The second-order valence-electron chi connectivity index (χ2n) is 15.6. The van der Waals surface area contributed by atoms with Crippen LogP contribution in [0.15, 0.2) is 121 Å². The van der Waals surface area contributed by atoms with Gasteiger partial charge in [-0.1, -0.05) is 114 Å². The molecule has 0 aliphatic carbocycles. The number of thiophene rings is 1. The van der Waals surface area contributed by atoms with Crippen LogP contribution in [0.1, 0.15) is 43.0 Å². The minimum atomic E-state index is -0.0185. The SMILES string of the molecule is Cc1cc(C)c(N2[CH-]N(c3[c-]c(Oc4[c-]c5c(cc4)c4ccccc4n5-c4cc(C(C)(C)C)ccn4)cc4sc5ccccc5c34)c3ccccc32)c(C)c1.[Pt]. The number of nitrogens with zero attached hydrogens (tertiary/aromatic N) is 4. The Labute approximate surface area is 346 Å². The van der Waals surface area contributed by atoms with Crippen molar-refractivity contribution in [2.75, 3.05) is 9.80 Å². The zero-order valence-electron chi connectivity index (χ0n) is 32.0. The Morgan fingerprint density at radius 3 is 2.14 bits per heavy atom. The summed E-state index contributed by atoms with van der Waals surface area (Å²) < 4.78 is 11.4. The third-order valence-electron chi connectivity index (χ3n) is 10.7. The largest absolute Gasteiger partial charge is 0.509 e. The summed E-state index contributed by atoms with van der Waals surface area (Å²) in [6.45, 7) is 15.5. The first kappa shape index (κ1) is 36.2. The number of rotatable bonds is 5. The van der Waals surface area contributed by atoms with Crippen molar-refractivity contribution in [3.05, 3.63) is 163 Å². The molecule has 9 aromatic rings. The maximum absolute atomic E-state index is 6.81. The van der Waals surface area contributed by atoms with E-state index in [0.717, 1.165) is 54.8 Å². The number of para-hydroxylation sites is 3. The Balaban J connectivity index is 0.00000410. The van der Waals surface area contributed by atoms with Crippen LogP contribution in [0.2, 0.25) is 0 Å². The molecule has 1 aliphatic rings. The fourth-order valence-corrected chi connectivity index (χ4v) is 9.44. The first-order chi connectivity index (χ1) is 26.6. The van der Waals surface area contributed by atoms with E-state index >= 15 is 0 Å². The molecule has 6 aromatic carbocycles. The number of aryl methyl sites for hydroxylation is 3. The van der Waals surface area contributed by atoms with Crippen molar-refractivity contribution >= 4 is 76.1 Å². The summed E-state index contributed by atoms with van der Waals surface area (Å²) in [5.41, 5.74) is 11.3. The zero-order valence-corrected chi connectivity index (χ0v) is 35.1. The van der Waals surface area contributed by atoms with E-state index in [0.29, 0.717) is 11.5 Å². The molecule has 0 amide bonds. The first-order valence-electron chi connectivity index (χ1n) is 18.7. The van der Waals surface area contributed by atoms with Crippen molar-refractivity contribution in [1.29, 1.82) is 0 Å². The molecule has 3 aromatic heterocycles. The van der Waals surface area contributed by atoms with E-state index < -0.39 is 0 Å². The summed E-state index contributed by atoms with van der Waals surface area (Å²) in [5, 5.41) is 4.61. The number of pyridine rings is 1. The van der Waals surface area contributed by atoms with Gasteiger partial charge in [0, 0.05) is 66.0 Å². The topological polar surface area (TPSA) is 33.5 Å². The van der Waals surface area contributed by atoms with E-state index in [2.05, 4.69) is 184 Å². The molecular formula is C49H39N4OPtS-3. The van der Waals surface area contributed by atoms with Crippen LogP contribution in [0.5, 0.6) is 11.5 Å². The fraction of sp³-hybridized carbons (Fsp3) is 0.143. The van der Waals surface area contributed by atoms with Crippen LogP contribution in [0.25, 0.3) is 47.8 Å². The van der Waals surface area contributed by atoms with Gasteiger partial charge < -0.3 is 19.1 Å². The molecule has 0 radical (unpaired) electrons.